The van der Waals surface area contributed by atoms with Gasteiger partial charge in [0.05, 0.1) is 0 Å². The van der Waals surface area contributed by atoms with Gasteiger partial charge in [-0.1, -0.05) is 0 Å². The molecule has 4 N–H and O–H groups in total. The van der Waals surface area contributed by atoms with Crippen molar-refractivity contribution in [2.45, 2.75) is 12.1 Å². The summed E-state index contributed by atoms with van der Waals surface area (Å²) in [4.78, 5) is 20.0. The second-order valence-corrected chi connectivity index (χ2v) is 4.46. The molecule has 0 unspecified atom stereocenters. The van der Waals surface area contributed by atoms with Crippen LogP contribution in [0.5, 0.6) is 0 Å². The van der Waals surface area contributed by atoms with Crippen LogP contribution in [0, 0.1) is 0 Å². The van der Waals surface area contributed by atoms with Crippen molar-refractivity contribution in [1.82, 2.24) is 0 Å². The standard InChI is InChI=1S/2C3H7NOS2.2Mo.4O/c2*4-2(1-6)3(5)7;;;;;;/h2*2,6H,1,4H2,(H,5,7);;;;;;/q;;2*+2;;;;/p-4/t2*2-;;;;;;/m00....../s1. The van der Waals surface area contributed by atoms with E-state index in [1.165, 1.54) is 0 Å². The van der Waals surface area contributed by atoms with Gasteiger partial charge in [0.2, 0.25) is 0 Å². The zero-order valence-electron chi connectivity index (χ0n) is 9.62. The maximum absolute atomic E-state index is 10.00. The van der Waals surface area contributed by atoms with Crippen molar-refractivity contribution in [2.24, 2.45) is 11.5 Å². The summed E-state index contributed by atoms with van der Waals surface area (Å²) in [6.45, 7) is 0. The molecule has 0 heterocycles. The van der Waals surface area contributed by atoms with Gasteiger partial charge in [0, 0.05) is 22.3 Å². The fourth-order valence-corrected chi connectivity index (χ4v) is 0.816. The van der Waals surface area contributed by atoms with Gasteiger partial charge in [-0.25, -0.2) is 0 Å². The van der Waals surface area contributed by atoms with Gasteiger partial charge in [0.25, 0.3) is 0 Å². The minimum atomic E-state index is -2.03. The van der Waals surface area contributed by atoms with Crippen molar-refractivity contribution in [1.29, 1.82) is 0 Å². The van der Waals surface area contributed by atoms with Crippen LogP contribution in [0.4, 0.5) is 0 Å². The second kappa shape index (κ2) is 25.0. The van der Waals surface area contributed by atoms with Gasteiger partial charge >= 0.3 is 50.6 Å². The molecule has 0 aliphatic carbocycles. The van der Waals surface area contributed by atoms with Crippen LogP contribution in [0.25, 0.3) is 0 Å². The molecule has 0 bridgehead atoms. The maximum atomic E-state index is 10.00. The summed E-state index contributed by atoms with van der Waals surface area (Å²) in [5.74, 6) is 0.449. The van der Waals surface area contributed by atoms with Crippen LogP contribution >= 0.6 is 0 Å². The van der Waals surface area contributed by atoms with E-state index in [2.05, 4.69) is 50.5 Å². The Kier molecular flexibility index (Phi) is 36.2. The van der Waals surface area contributed by atoms with E-state index < -0.39 is 59.3 Å². The SMILES string of the molecule is N[C@@H](C[S-])C(=O)[S-].N[C@@H](C[S-])C(=O)[S-].[O]=[Mo+2]=[O].[O]=[Mo+2]=[O]. The monoisotopic (exact) mass is 530 g/mol. The van der Waals surface area contributed by atoms with Crippen molar-refractivity contribution >= 4 is 60.7 Å². The Bertz CT molecular complexity index is 303. The molecule has 0 aliphatic heterocycles. The first kappa shape index (κ1) is 29.0. The molecule has 20 heavy (non-hydrogen) atoms. The third kappa shape index (κ3) is 36.4. The molecule has 8 nitrogen and oxygen atoms in total. The van der Waals surface area contributed by atoms with Crippen LogP contribution in [-0.4, -0.2) is 33.8 Å². The molecular weight excluding hydrogens is 516 g/mol. The Hall–Kier alpha value is 0.977. The Balaban J connectivity index is -0.0000000927. The Labute approximate surface area is 154 Å². The third-order valence-electron chi connectivity index (χ3n) is 0.965. The predicted octanol–water partition coefficient (Wildman–Crippen LogP) is -2.61. The van der Waals surface area contributed by atoms with Gasteiger partial charge < -0.3 is 71.6 Å². The number of hydrogen-bond acceptors (Lipinski definition) is 12. The molecule has 2 atom stereocenters. The summed E-state index contributed by atoms with van der Waals surface area (Å²) < 4.78 is 34.0. The van der Waals surface area contributed by atoms with Crippen LogP contribution in [0.2, 0.25) is 0 Å². The minimum absolute atomic E-state index is 0.225. The van der Waals surface area contributed by atoms with Crippen LogP contribution in [0.3, 0.4) is 0 Å². The molecule has 116 valence electrons. The molecule has 0 rings (SSSR count). The summed E-state index contributed by atoms with van der Waals surface area (Å²) in [5.41, 5.74) is 10.1. The molecule has 0 amide bonds. The third-order valence-corrected chi connectivity index (χ3v) is 2.29. The summed E-state index contributed by atoms with van der Waals surface area (Å²) >= 11 is 13.2. The van der Waals surface area contributed by atoms with Crippen molar-refractivity contribution in [2.75, 3.05) is 11.5 Å². The molecule has 0 saturated heterocycles. The normalized spacial score (nSPS) is 10.2. The van der Waals surface area contributed by atoms with E-state index in [4.69, 9.17) is 25.1 Å². The predicted molar refractivity (Wildman–Crippen MR) is 67.9 cm³/mol. The van der Waals surface area contributed by atoms with E-state index in [9.17, 15) is 9.59 Å². The van der Waals surface area contributed by atoms with Crippen LogP contribution in [-0.2, 0) is 111 Å². The Morgan fingerprint density at radius 2 is 0.950 bits per heavy atom. The van der Waals surface area contributed by atoms with E-state index in [1.807, 2.05) is 0 Å². The number of carbonyl (C=O) groups is 2. The van der Waals surface area contributed by atoms with E-state index in [-0.39, 0.29) is 11.5 Å². The van der Waals surface area contributed by atoms with Gasteiger partial charge in [-0.3, -0.25) is 0 Å². The Morgan fingerprint density at radius 3 is 0.950 bits per heavy atom. The van der Waals surface area contributed by atoms with Gasteiger partial charge in [-0.05, 0) is 0 Å². The van der Waals surface area contributed by atoms with Gasteiger partial charge in [0.1, 0.15) is 0 Å². The molecular formula is C6H10Mo2N2O6S4. The average molecular weight is 526 g/mol. The van der Waals surface area contributed by atoms with E-state index in [1.54, 1.807) is 0 Å². The molecule has 0 aliphatic rings. The zero-order valence-corrected chi connectivity index (χ0v) is 16.9. The topological polar surface area (TPSA) is 154 Å². The van der Waals surface area contributed by atoms with Gasteiger partial charge in [-0.2, -0.15) is 11.5 Å². The van der Waals surface area contributed by atoms with Crippen molar-refractivity contribution in [3.8, 4) is 0 Å². The van der Waals surface area contributed by atoms with E-state index >= 15 is 0 Å². The van der Waals surface area contributed by atoms with Crippen LogP contribution < -0.4 is 11.5 Å². The number of hydrogen-bond donors (Lipinski definition) is 2. The van der Waals surface area contributed by atoms with Gasteiger partial charge in [-0.15, -0.1) is 0 Å². The fraction of sp³-hybridized carbons (Fsp3) is 0.667. The first-order valence-corrected chi connectivity index (χ1v) is 9.37. The summed E-state index contributed by atoms with van der Waals surface area (Å²) in [6.07, 6.45) is 0. The van der Waals surface area contributed by atoms with Crippen LogP contribution in [0.15, 0.2) is 0 Å². The summed E-state index contributed by atoms with van der Waals surface area (Å²) in [5, 5.41) is -0.898. The fourth-order valence-electron chi connectivity index (χ4n) is 0.136. The molecule has 14 heteroatoms. The molecule has 0 radical (unpaired) electrons. The summed E-state index contributed by atoms with van der Waals surface area (Å²) in [7, 11) is 0. The van der Waals surface area contributed by atoms with Crippen molar-refractivity contribution in [3.05, 3.63) is 0 Å². The first-order valence-electron chi connectivity index (χ1n) is 4.12. The average Bonchev–Trinajstić information content (AvgIpc) is 2.39. The zero-order chi connectivity index (χ0) is 17.1. The summed E-state index contributed by atoms with van der Waals surface area (Å²) in [6, 6.07) is -1.21. The molecule has 0 fully saturated rings. The molecule has 0 spiro atoms. The molecule has 0 aromatic carbocycles. The quantitative estimate of drug-likeness (QED) is 0.291. The first-order chi connectivity index (χ1) is 9.19. The van der Waals surface area contributed by atoms with Crippen LogP contribution in [0.1, 0.15) is 0 Å². The number of rotatable bonds is 4. The number of carbonyl (C=O) groups excluding carboxylic acids is 2. The van der Waals surface area contributed by atoms with Crippen molar-refractivity contribution < 1.29 is 60.2 Å². The molecule has 0 saturated carbocycles. The van der Waals surface area contributed by atoms with Gasteiger partial charge in [0.15, 0.2) is 0 Å². The van der Waals surface area contributed by atoms with Crippen molar-refractivity contribution in [3.63, 3.8) is 0 Å². The van der Waals surface area contributed by atoms with E-state index in [0.717, 1.165) is 0 Å². The van der Waals surface area contributed by atoms with E-state index in [0.29, 0.717) is 0 Å². The Morgan fingerprint density at radius 1 is 0.800 bits per heavy atom. The molecule has 0 aromatic rings. The second-order valence-electron chi connectivity index (χ2n) is 2.32. The number of nitrogens with two attached hydrogens (primary N) is 2. The molecule has 0 aromatic heterocycles.